The minimum Gasteiger partial charge on any atom is -0.360 e. The molecule has 0 N–H and O–H groups in total. The normalized spacial score (nSPS) is 9.82. The third kappa shape index (κ3) is 3.55. The Hall–Kier alpha value is -1.38. The highest BCUT2D eigenvalue weighted by molar-refractivity contribution is 7.97. The molecule has 1 aromatic rings. The molecule has 0 amide bonds. The first-order chi connectivity index (χ1) is 8.10. The van der Waals surface area contributed by atoms with E-state index in [1.807, 2.05) is 13.0 Å². The third-order valence-electron chi connectivity index (χ3n) is 2.65. The zero-order valence-electron chi connectivity index (χ0n) is 10.1. The van der Waals surface area contributed by atoms with Crippen LogP contribution in [0.4, 0.5) is 0 Å². The summed E-state index contributed by atoms with van der Waals surface area (Å²) in [5, 5.41) is 0.217. The van der Waals surface area contributed by atoms with E-state index in [-0.39, 0.29) is 10.8 Å². The SMILES string of the molecule is CCCCC(=O)c1cc(C(S)=[N+]=[N-])ccc1C. The number of carbonyl (C=O) groups excluding carboxylic acids is 1. The van der Waals surface area contributed by atoms with Crippen molar-refractivity contribution in [2.45, 2.75) is 33.1 Å². The van der Waals surface area contributed by atoms with Crippen LogP contribution in [0.3, 0.4) is 0 Å². The second kappa shape index (κ2) is 6.38. The number of Topliss-reactive ketones (excluding diaryl/α,β-unsaturated/α-hetero) is 1. The van der Waals surface area contributed by atoms with Crippen LogP contribution in [0, 0.1) is 6.92 Å². The van der Waals surface area contributed by atoms with Gasteiger partial charge in [0.2, 0.25) is 0 Å². The first kappa shape index (κ1) is 13.7. The van der Waals surface area contributed by atoms with Crippen molar-refractivity contribution in [1.82, 2.24) is 0 Å². The number of nitrogens with zero attached hydrogens (tertiary/aromatic N) is 2. The highest BCUT2D eigenvalue weighted by Crippen LogP contribution is 2.15. The minimum atomic E-state index is 0.130. The summed E-state index contributed by atoms with van der Waals surface area (Å²) in [7, 11) is 0. The van der Waals surface area contributed by atoms with E-state index in [1.54, 1.807) is 12.1 Å². The number of unbranched alkanes of at least 4 members (excludes halogenated alkanes) is 1. The molecule has 90 valence electrons. The van der Waals surface area contributed by atoms with Gasteiger partial charge in [-0.15, -0.1) is 0 Å². The maximum atomic E-state index is 12.0. The Bertz CT molecular complexity index is 476. The lowest BCUT2D eigenvalue weighted by Gasteiger charge is -2.05. The number of benzene rings is 1. The third-order valence-corrected chi connectivity index (χ3v) is 3.00. The van der Waals surface area contributed by atoms with Gasteiger partial charge in [-0.3, -0.25) is 4.79 Å². The lowest BCUT2D eigenvalue weighted by molar-refractivity contribution is 0.00170. The van der Waals surface area contributed by atoms with E-state index in [0.717, 1.165) is 18.4 Å². The lowest BCUT2D eigenvalue weighted by atomic mass is 9.99. The molecule has 0 fully saturated rings. The van der Waals surface area contributed by atoms with Gasteiger partial charge in [-0.2, -0.15) is 4.79 Å². The zero-order valence-corrected chi connectivity index (χ0v) is 11.0. The number of aryl methyl sites for hydroxylation is 1. The van der Waals surface area contributed by atoms with E-state index in [1.165, 1.54) is 0 Å². The van der Waals surface area contributed by atoms with Gasteiger partial charge in [0.05, 0.1) is 5.56 Å². The molecule has 3 nitrogen and oxygen atoms in total. The summed E-state index contributed by atoms with van der Waals surface area (Å²) in [6.45, 7) is 3.96. The molecule has 4 heteroatoms. The second-order valence-corrected chi connectivity index (χ2v) is 4.40. The smallest absolute Gasteiger partial charge is 0.353 e. The molecule has 0 unspecified atom stereocenters. The van der Waals surface area contributed by atoms with Crippen molar-refractivity contribution in [3.63, 3.8) is 0 Å². The zero-order chi connectivity index (χ0) is 12.8. The summed E-state index contributed by atoms with van der Waals surface area (Å²) in [5.74, 6) is 0.130. The number of hydrogen-bond acceptors (Lipinski definition) is 1. The molecule has 1 aromatic carbocycles. The Morgan fingerprint density at radius 3 is 2.76 bits per heavy atom. The standard InChI is InChI=1S/C13H16N2OS/c1-3-4-5-12(16)11-8-10(13(17)15-14)7-6-9(11)2/h6-8,17H,3-5H2,1-2H3. The average Bonchev–Trinajstić information content (AvgIpc) is 2.35. The number of rotatable bonds is 5. The fourth-order valence-electron chi connectivity index (χ4n) is 1.59. The molecule has 0 aliphatic carbocycles. The van der Waals surface area contributed by atoms with Crippen LogP contribution in [-0.4, -0.2) is 15.6 Å². The van der Waals surface area contributed by atoms with Crippen LogP contribution in [0.5, 0.6) is 0 Å². The van der Waals surface area contributed by atoms with Crippen LogP contribution in [0.25, 0.3) is 5.53 Å². The Morgan fingerprint density at radius 1 is 1.47 bits per heavy atom. The molecule has 0 aliphatic rings. The highest BCUT2D eigenvalue weighted by atomic mass is 32.1. The van der Waals surface area contributed by atoms with Crippen LogP contribution in [0.2, 0.25) is 0 Å². The molecule has 0 spiro atoms. The van der Waals surface area contributed by atoms with Gasteiger partial charge in [0, 0.05) is 12.0 Å². The van der Waals surface area contributed by atoms with E-state index in [2.05, 4.69) is 24.3 Å². The maximum absolute atomic E-state index is 12.0. The van der Waals surface area contributed by atoms with Gasteiger partial charge in [-0.25, -0.2) is 0 Å². The molecule has 0 aliphatic heterocycles. The average molecular weight is 248 g/mol. The summed E-state index contributed by atoms with van der Waals surface area (Å²) >= 11 is 4.03. The number of carbonyl (C=O) groups is 1. The first-order valence-electron chi connectivity index (χ1n) is 5.65. The summed E-state index contributed by atoms with van der Waals surface area (Å²) < 4.78 is 0. The van der Waals surface area contributed by atoms with Crippen LogP contribution < -0.4 is 0 Å². The van der Waals surface area contributed by atoms with Gasteiger partial charge in [0.25, 0.3) is 0 Å². The van der Waals surface area contributed by atoms with Gasteiger partial charge in [-0.05, 0) is 31.0 Å². The van der Waals surface area contributed by atoms with Gasteiger partial charge in [0.1, 0.15) is 0 Å². The molecule has 1 rings (SSSR count). The van der Waals surface area contributed by atoms with Gasteiger partial charge in [-0.1, -0.05) is 32.0 Å². The molecule has 0 bridgehead atoms. The van der Waals surface area contributed by atoms with Crippen molar-refractivity contribution in [1.29, 1.82) is 0 Å². The van der Waals surface area contributed by atoms with Crippen LogP contribution >= 0.6 is 12.6 Å². The summed E-state index contributed by atoms with van der Waals surface area (Å²) in [6.07, 6.45) is 2.45. The molecule has 0 heterocycles. The number of ketones is 1. The minimum absolute atomic E-state index is 0.130. The first-order valence-corrected chi connectivity index (χ1v) is 6.10. The fraction of sp³-hybridized carbons (Fsp3) is 0.385. The largest absolute Gasteiger partial charge is 0.360 e. The van der Waals surface area contributed by atoms with Crippen LogP contribution in [0.15, 0.2) is 18.2 Å². The van der Waals surface area contributed by atoms with Crippen molar-refractivity contribution in [3.05, 3.63) is 40.4 Å². The predicted octanol–water partition coefficient (Wildman–Crippen LogP) is 3.27. The molecule has 0 atom stereocenters. The van der Waals surface area contributed by atoms with Gasteiger partial charge in [0.15, 0.2) is 5.78 Å². The van der Waals surface area contributed by atoms with Crippen molar-refractivity contribution >= 4 is 23.5 Å². The lowest BCUT2D eigenvalue weighted by Crippen LogP contribution is -2.04. The Kier molecular flexibility index (Phi) is 5.13. The molecular formula is C13H16N2OS. The van der Waals surface area contributed by atoms with Crippen molar-refractivity contribution in [3.8, 4) is 0 Å². The van der Waals surface area contributed by atoms with E-state index in [4.69, 9.17) is 5.53 Å². The molecule has 0 saturated carbocycles. The quantitative estimate of drug-likeness (QED) is 0.213. The monoisotopic (exact) mass is 248 g/mol. The van der Waals surface area contributed by atoms with Crippen LogP contribution in [-0.2, 0) is 0 Å². The molecule has 0 aromatic heterocycles. The van der Waals surface area contributed by atoms with Crippen LogP contribution in [0.1, 0.15) is 47.7 Å². The summed E-state index contributed by atoms with van der Waals surface area (Å²) in [5.41, 5.74) is 10.9. The summed E-state index contributed by atoms with van der Waals surface area (Å²) in [6, 6.07) is 5.36. The van der Waals surface area contributed by atoms with E-state index >= 15 is 0 Å². The van der Waals surface area contributed by atoms with E-state index < -0.39 is 0 Å². The predicted molar refractivity (Wildman–Crippen MR) is 71.7 cm³/mol. The van der Waals surface area contributed by atoms with Crippen molar-refractivity contribution in [2.24, 2.45) is 0 Å². The molecule has 17 heavy (non-hydrogen) atoms. The molecule has 0 saturated heterocycles. The molecule has 0 radical (unpaired) electrons. The summed E-state index contributed by atoms with van der Waals surface area (Å²) in [4.78, 5) is 15.0. The van der Waals surface area contributed by atoms with Gasteiger partial charge >= 0.3 is 5.04 Å². The Labute approximate surface area is 107 Å². The highest BCUT2D eigenvalue weighted by Gasteiger charge is 2.13. The van der Waals surface area contributed by atoms with E-state index in [9.17, 15) is 4.79 Å². The van der Waals surface area contributed by atoms with Crippen molar-refractivity contribution < 1.29 is 9.58 Å². The number of thiol groups is 1. The maximum Gasteiger partial charge on any atom is 0.353 e. The van der Waals surface area contributed by atoms with E-state index in [0.29, 0.717) is 17.5 Å². The topological polar surface area (TPSA) is 53.5 Å². The fourth-order valence-corrected chi connectivity index (χ4v) is 1.73. The molecular weight excluding hydrogens is 232 g/mol. The van der Waals surface area contributed by atoms with Gasteiger partial charge < -0.3 is 5.53 Å². The van der Waals surface area contributed by atoms with Crippen molar-refractivity contribution in [2.75, 3.05) is 0 Å². The number of hydrogen-bond donors (Lipinski definition) is 1. The Balaban J connectivity index is 3.06. The second-order valence-electron chi connectivity index (χ2n) is 3.98. The Morgan fingerprint density at radius 2 is 2.18 bits per heavy atom.